The Morgan fingerprint density at radius 1 is 1.25 bits per heavy atom. The second-order valence-corrected chi connectivity index (χ2v) is 6.59. The molecule has 0 spiro atoms. The molecule has 1 saturated carbocycles. The quantitative estimate of drug-likeness (QED) is 0.883. The predicted molar refractivity (Wildman–Crippen MR) is 77.0 cm³/mol. The van der Waals surface area contributed by atoms with Crippen molar-refractivity contribution in [1.29, 1.82) is 0 Å². The number of primary sulfonamides is 1. The SMILES string of the molecule is CN(C(=O)NC1CCCC1)c1ccc(S(N)(=O)=O)cc1. The number of nitrogens with one attached hydrogen (secondary N) is 1. The number of carbonyl (C=O) groups excluding carboxylic acids is 1. The zero-order chi connectivity index (χ0) is 14.8. The summed E-state index contributed by atoms with van der Waals surface area (Å²) in [7, 11) is -2.05. The van der Waals surface area contributed by atoms with Gasteiger partial charge in [-0.25, -0.2) is 18.4 Å². The first kappa shape index (κ1) is 14.8. The van der Waals surface area contributed by atoms with Crippen molar-refractivity contribution in [2.75, 3.05) is 11.9 Å². The van der Waals surface area contributed by atoms with Crippen molar-refractivity contribution in [3.8, 4) is 0 Å². The first-order valence-electron chi connectivity index (χ1n) is 6.55. The Morgan fingerprint density at radius 3 is 2.30 bits per heavy atom. The largest absolute Gasteiger partial charge is 0.335 e. The fourth-order valence-corrected chi connectivity index (χ4v) is 2.83. The molecular formula is C13H19N3O3S. The lowest BCUT2D eigenvalue weighted by Crippen LogP contribution is -2.42. The third kappa shape index (κ3) is 3.49. The van der Waals surface area contributed by atoms with Gasteiger partial charge < -0.3 is 5.32 Å². The van der Waals surface area contributed by atoms with Gasteiger partial charge in [0.25, 0.3) is 0 Å². The van der Waals surface area contributed by atoms with Gasteiger partial charge in [-0.3, -0.25) is 4.90 Å². The smallest absolute Gasteiger partial charge is 0.321 e. The van der Waals surface area contributed by atoms with E-state index in [1.165, 1.54) is 17.0 Å². The van der Waals surface area contributed by atoms with Gasteiger partial charge in [0.1, 0.15) is 0 Å². The molecule has 1 aliphatic rings. The predicted octanol–water partition coefficient (Wildman–Crippen LogP) is 1.42. The molecule has 0 atom stereocenters. The summed E-state index contributed by atoms with van der Waals surface area (Å²) in [6.07, 6.45) is 4.34. The Bertz CT molecular complexity index is 577. The summed E-state index contributed by atoms with van der Waals surface area (Å²) >= 11 is 0. The molecule has 0 saturated heterocycles. The molecule has 20 heavy (non-hydrogen) atoms. The minimum Gasteiger partial charge on any atom is -0.335 e. The number of nitrogens with zero attached hydrogens (tertiary/aromatic N) is 1. The zero-order valence-electron chi connectivity index (χ0n) is 11.4. The van der Waals surface area contributed by atoms with Gasteiger partial charge in [0.2, 0.25) is 10.0 Å². The van der Waals surface area contributed by atoms with Crippen molar-refractivity contribution in [1.82, 2.24) is 5.32 Å². The lowest BCUT2D eigenvalue weighted by molar-refractivity contribution is 0.244. The highest BCUT2D eigenvalue weighted by atomic mass is 32.2. The van der Waals surface area contributed by atoms with E-state index < -0.39 is 10.0 Å². The minimum atomic E-state index is -3.70. The van der Waals surface area contributed by atoms with E-state index in [1.54, 1.807) is 19.2 Å². The fourth-order valence-electron chi connectivity index (χ4n) is 2.32. The molecule has 0 heterocycles. The van der Waals surface area contributed by atoms with Gasteiger partial charge in [0.05, 0.1) is 4.90 Å². The number of amides is 2. The van der Waals surface area contributed by atoms with Crippen LogP contribution >= 0.6 is 0 Å². The standard InChI is InChI=1S/C13H19N3O3S/c1-16(13(17)15-10-4-2-3-5-10)11-6-8-12(9-7-11)20(14,18)19/h6-10H,2-5H2,1H3,(H,15,17)(H2,14,18,19). The monoisotopic (exact) mass is 297 g/mol. The summed E-state index contributed by atoms with van der Waals surface area (Å²) in [6, 6.07) is 5.98. The Balaban J connectivity index is 2.04. The van der Waals surface area contributed by atoms with E-state index in [0.29, 0.717) is 5.69 Å². The van der Waals surface area contributed by atoms with Crippen LogP contribution in [0.2, 0.25) is 0 Å². The third-order valence-electron chi connectivity index (χ3n) is 3.54. The average molecular weight is 297 g/mol. The maximum atomic E-state index is 12.1. The summed E-state index contributed by atoms with van der Waals surface area (Å²) in [5.41, 5.74) is 0.618. The van der Waals surface area contributed by atoms with Gasteiger partial charge in [0.15, 0.2) is 0 Å². The topological polar surface area (TPSA) is 92.5 Å². The van der Waals surface area contributed by atoms with Gasteiger partial charge in [-0.1, -0.05) is 12.8 Å². The molecule has 1 aromatic carbocycles. The molecule has 110 valence electrons. The van der Waals surface area contributed by atoms with E-state index in [2.05, 4.69) is 5.32 Å². The number of nitrogens with two attached hydrogens (primary N) is 1. The van der Waals surface area contributed by atoms with Gasteiger partial charge in [0, 0.05) is 18.8 Å². The van der Waals surface area contributed by atoms with Crippen LogP contribution in [0.1, 0.15) is 25.7 Å². The van der Waals surface area contributed by atoms with Crippen LogP contribution in [0, 0.1) is 0 Å². The molecule has 1 aliphatic carbocycles. The van der Waals surface area contributed by atoms with Crippen LogP contribution < -0.4 is 15.4 Å². The number of urea groups is 1. The van der Waals surface area contributed by atoms with E-state index in [9.17, 15) is 13.2 Å². The zero-order valence-corrected chi connectivity index (χ0v) is 12.2. The van der Waals surface area contributed by atoms with E-state index in [4.69, 9.17) is 5.14 Å². The van der Waals surface area contributed by atoms with Gasteiger partial charge in [-0.05, 0) is 37.1 Å². The molecule has 0 aromatic heterocycles. The fraction of sp³-hybridized carbons (Fsp3) is 0.462. The Hall–Kier alpha value is -1.60. The molecule has 1 aromatic rings. The normalized spacial score (nSPS) is 16.1. The third-order valence-corrected chi connectivity index (χ3v) is 4.47. The van der Waals surface area contributed by atoms with Crippen LogP contribution in [0.3, 0.4) is 0 Å². The van der Waals surface area contributed by atoms with Crippen molar-refractivity contribution in [3.63, 3.8) is 0 Å². The van der Waals surface area contributed by atoms with Crippen molar-refractivity contribution >= 4 is 21.7 Å². The molecule has 2 amide bonds. The van der Waals surface area contributed by atoms with Crippen LogP contribution in [0.5, 0.6) is 0 Å². The Morgan fingerprint density at radius 2 is 1.80 bits per heavy atom. The number of carbonyl (C=O) groups is 1. The first-order valence-corrected chi connectivity index (χ1v) is 8.09. The highest BCUT2D eigenvalue weighted by Gasteiger charge is 2.20. The van der Waals surface area contributed by atoms with Crippen LogP contribution in [0.4, 0.5) is 10.5 Å². The average Bonchev–Trinajstić information content (AvgIpc) is 2.90. The number of anilines is 1. The molecule has 2 rings (SSSR count). The lowest BCUT2D eigenvalue weighted by Gasteiger charge is -2.21. The van der Waals surface area contributed by atoms with E-state index in [-0.39, 0.29) is 17.0 Å². The molecule has 0 radical (unpaired) electrons. The Labute approximate surface area is 119 Å². The summed E-state index contributed by atoms with van der Waals surface area (Å²) in [6.45, 7) is 0. The highest BCUT2D eigenvalue weighted by Crippen LogP contribution is 2.19. The van der Waals surface area contributed by atoms with Crippen molar-refractivity contribution in [2.45, 2.75) is 36.6 Å². The maximum Gasteiger partial charge on any atom is 0.321 e. The van der Waals surface area contributed by atoms with Crippen molar-refractivity contribution < 1.29 is 13.2 Å². The molecule has 0 bridgehead atoms. The molecule has 6 nitrogen and oxygen atoms in total. The van der Waals surface area contributed by atoms with E-state index in [0.717, 1.165) is 25.7 Å². The molecule has 7 heteroatoms. The Kier molecular flexibility index (Phi) is 4.29. The number of benzene rings is 1. The van der Waals surface area contributed by atoms with Gasteiger partial charge >= 0.3 is 6.03 Å². The van der Waals surface area contributed by atoms with Crippen LogP contribution in [-0.2, 0) is 10.0 Å². The van der Waals surface area contributed by atoms with Crippen LogP contribution in [0.25, 0.3) is 0 Å². The summed E-state index contributed by atoms with van der Waals surface area (Å²) in [5, 5.41) is 8.00. The van der Waals surface area contributed by atoms with Crippen molar-refractivity contribution in [3.05, 3.63) is 24.3 Å². The second kappa shape index (κ2) is 5.80. The molecule has 1 fully saturated rings. The second-order valence-electron chi connectivity index (χ2n) is 5.03. The van der Waals surface area contributed by atoms with E-state index >= 15 is 0 Å². The summed E-state index contributed by atoms with van der Waals surface area (Å²) in [4.78, 5) is 13.5. The van der Waals surface area contributed by atoms with Gasteiger partial charge in [-0.2, -0.15) is 0 Å². The summed E-state index contributed by atoms with van der Waals surface area (Å²) in [5.74, 6) is 0. The molecular weight excluding hydrogens is 278 g/mol. The van der Waals surface area contributed by atoms with Crippen LogP contribution in [-0.4, -0.2) is 27.5 Å². The molecule has 0 unspecified atom stereocenters. The number of hydrogen-bond donors (Lipinski definition) is 2. The van der Waals surface area contributed by atoms with Crippen LogP contribution in [0.15, 0.2) is 29.2 Å². The summed E-state index contributed by atoms with van der Waals surface area (Å²) < 4.78 is 22.3. The first-order chi connectivity index (χ1) is 9.38. The van der Waals surface area contributed by atoms with Gasteiger partial charge in [-0.15, -0.1) is 0 Å². The number of rotatable bonds is 3. The number of sulfonamides is 1. The minimum absolute atomic E-state index is 0.0332. The molecule has 3 N–H and O–H groups in total. The highest BCUT2D eigenvalue weighted by molar-refractivity contribution is 7.89. The molecule has 0 aliphatic heterocycles. The van der Waals surface area contributed by atoms with E-state index in [1.807, 2.05) is 0 Å². The van der Waals surface area contributed by atoms with Crippen molar-refractivity contribution in [2.24, 2.45) is 5.14 Å². The number of hydrogen-bond acceptors (Lipinski definition) is 3. The maximum absolute atomic E-state index is 12.1. The lowest BCUT2D eigenvalue weighted by atomic mass is 10.2.